The molecule has 0 aromatic carbocycles. The van der Waals surface area contributed by atoms with Gasteiger partial charge in [-0.2, -0.15) is 0 Å². The van der Waals surface area contributed by atoms with Crippen molar-refractivity contribution in [2.24, 2.45) is 29.1 Å². The smallest absolute Gasteiger partial charge is 0.315 e. The van der Waals surface area contributed by atoms with Crippen molar-refractivity contribution in [3.8, 4) is 0 Å². The second kappa shape index (κ2) is 16.9. The van der Waals surface area contributed by atoms with E-state index in [1.54, 1.807) is 18.3 Å². The fourth-order valence-electron chi connectivity index (χ4n) is 6.46. The molecule has 12 heteroatoms. The van der Waals surface area contributed by atoms with E-state index >= 15 is 0 Å². The van der Waals surface area contributed by atoms with Crippen LogP contribution in [0.4, 0.5) is 4.79 Å². The number of carbonyl (C=O) groups is 5. The number of pyridine rings is 1. The summed E-state index contributed by atoms with van der Waals surface area (Å²) in [6, 6.07) is 1.05. The lowest BCUT2D eigenvalue weighted by Gasteiger charge is -2.37. The van der Waals surface area contributed by atoms with Gasteiger partial charge in [-0.25, -0.2) is 4.79 Å². The summed E-state index contributed by atoms with van der Waals surface area (Å²) in [5.74, 6) is -2.28. The van der Waals surface area contributed by atoms with Gasteiger partial charge in [0.05, 0.1) is 12.1 Å². The maximum absolute atomic E-state index is 14.4. The number of Topliss-reactive ketones (excluding diaryl/α,β-unsaturated/α-hetero) is 1. The highest BCUT2D eigenvalue weighted by atomic mass is 16.2. The summed E-state index contributed by atoms with van der Waals surface area (Å²) in [6.07, 6.45) is 6.98. The molecular weight excluding hydrogens is 612 g/mol. The number of hydrogen-bond acceptors (Lipinski definition) is 6. The Labute approximate surface area is 284 Å². The summed E-state index contributed by atoms with van der Waals surface area (Å²) in [4.78, 5) is 81.6. The normalized spacial score (nSPS) is 20.0. The van der Waals surface area contributed by atoms with E-state index in [9.17, 15) is 28.8 Å². The Hall–Kier alpha value is -3.96. The zero-order valence-corrected chi connectivity index (χ0v) is 29.7. The zero-order valence-electron chi connectivity index (χ0n) is 29.7. The standard InChI is InChI=1S/C36H56N6O6/c1-9-17-37-33(46)30(44)26(20-24-13-12-14-24)38-32(45)29-25(22(2)3)16-19-42(29)34(47)31(36(6,7)8)40-35(48)39-27(23(4)5)21-41-18-11-10-15-28(41)43/h9-11,15,18,22-27,29,31H,1,12-14,16-17,19-21H2,2-8H3,(H,37,46)(H,38,45)(H2,39,40,48)/t25-,26?,27-,29+,31-/m1/s1. The van der Waals surface area contributed by atoms with Crippen molar-refractivity contribution in [3.63, 3.8) is 0 Å². The predicted octanol–water partition coefficient (Wildman–Crippen LogP) is 3.01. The molecule has 12 nitrogen and oxygen atoms in total. The molecule has 5 amide bonds. The lowest BCUT2D eigenvalue weighted by Crippen LogP contribution is -2.62. The first-order valence-corrected chi connectivity index (χ1v) is 17.3. The average Bonchev–Trinajstić information content (AvgIpc) is 3.45. The fourth-order valence-corrected chi connectivity index (χ4v) is 6.46. The molecule has 1 aromatic heterocycles. The van der Waals surface area contributed by atoms with Gasteiger partial charge < -0.3 is 30.7 Å². The molecule has 266 valence electrons. The van der Waals surface area contributed by atoms with E-state index in [4.69, 9.17) is 0 Å². The Morgan fingerprint density at radius 3 is 2.23 bits per heavy atom. The third kappa shape index (κ3) is 10.0. The number of aromatic nitrogens is 1. The van der Waals surface area contributed by atoms with Gasteiger partial charge in [-0.3, -0.25) is 24.0 Å². The minimum atomic E-state index is -1.01. The summed E-state index contributed by atoms with van der Waals surface area (Å²) >= 11 is 0. The van der Waals surface area contributed by atoms with Crippen LogP contribution in [0.15, 0.2) is 41.8 Å². The van der Waals surface area contributed by atoms with E-state index in [1.807, 2.05) is 48.5 Å². The van der Waals surface area contributed by atoms with Gasteiger partial charge in [0.1, 0.15) is 12.1 Å². The largest absolute Gasteiger partial charge is 0.346 e. The van der Waals surface area contributed by atoms with Crippen molar-refractivity contribution in [2.45, 2.75) is 111 Å². The Bertz CT molecular complexity index is 1380. The van der Waals surface area contributed by atoms with E-state index < -0.39 is 59.1 Å². The minimum absolute atomic E-state index is 0.0143. The van der Waals surface area contributed by atoms with E-state index in [2.05, 4.69) is 27.8 Å². The van der Waals surface area contributed by atoms with Crippen LogP contribution in [0.1, 0.15) is 80.6 Å². The number of likely N-dealkylation sites (tertiary alicyclic amines) is 1. The molecule has 2 fully saturated rings. The summed E-state index contributed by atoms with van der Waals surface area (Å²) in [6.45, 7) is 17.7. The molecule has 3 rings (SSSR count). The third-order valence-electron chi connectivity index (χ3n) is 9.71. The van der Waals surface area contributed by atoms with Crippen LogP contribution in [-0.4, -0.2) is 76.3 Å². The molecule has 4 N–H and O–H groups in total. The maximum Gasteiger partial charge on any atom is 0.315 e. The number of rotatable bonds is 15. The van der Waals surface area contributed by atoms with Crippen LogP contribution in [0.5, 0.6) is 0 Å². The predicted molar refractivity (Wildman–Crippen MR) is 185 cm³/mol. The number of amides is 5. The molecule has 2 aliphatic rings. The minimum Gasteiger partial charge on any atom is -0.346 e. The summed E-state index contributed by atoms with van der Waals surface area (Å²) in [5, 5.41) is 11.2. The Balaban J connectivity index is 1.83. The average molecular weight is 669 g/mol. The molecule has 5 atom stereocenters. The van der Waals surface area contributed by atoms with Crippen LogP contribution in [-0.2, 0) is 25.7 Å². The quantitative estimate of drug-likeness (QED) is 0.166. The van der Waals surface area contributed by atoms with Crippen molar-refractivity contribution in [2.75, 3.05) is 13.1 Å². The molecule has 1 aliphatic carbocycles. The van der Waals surface area contributed by atoms with Crippen molar-refractivity contribution >= 4 is 29.5 Å². The summed E-state index contributed by atoms with van der Waals surface area (Å²) in [7, 11) is 0. The topological polar surface area (TPSA) is 159 Å². The monoisotopic (exact) mass is 668 g/mol. The van der Waals surface area contributed by atoms with Crippen molar-refractivity contribution in [1.82, 2.24) is 30.7 Å². The van der Waals surface area contributed by atoms with Crippen LogP contribution < -0.4 is 26.8 Å². The molecule has 1 saturated carbocycles. The van der Waals surface area contributed by atoms with Crippen LogP contribution in [0.2, 0.25) is 0 Å². The lowest BCUT2D eigenvalue weighted by molar-refractivity contribution is -0.145. The Morgan fingerprint density at radius 1 is 1.00 bits per heavy atom. The van der Waals surface area contributed by atoms with Gasteiger partial charge >= 0.3 is 6.03 Å². The van der Waals surface area contributed by atoms with Crippen molar-refractivity contribution in [3.05, 3.63) is 47.4 Å². The molecule has 1 aliphatic heterocycles. The first-order valence-electron chi connectivity index (χ1n) is 17.3. The van der Waals surface area contributed by atoms with Crippen LogP contribution in [0.25, 0.3) is 0 Å². The molecule has 1 saturated heterocycles. The number of hydrogen-bond donors (Lipinski definition) is 4. The summed E-state index contributed by atoms with van der Waals surface area (Å²) < 4.78 is 1.53. The molecule has 2 heterocycles. The molecule has 1 aromatic rings. The lowest BCUT2D eigenvalue weighted by atomic mass is 9.80. The van der Waals surface area contributed by atoms with Gasteiger partial charge in [-0.15, -0.1) is 6.58 Å². The maximum atomic E-state index is 14.4. The Kier molecular flexibility index (Phi) is 13.6. The van der Waals surface area contributed by atoms with Crippen LogP contribution in [0, 0.1) is 29.1 Å². The van der Waals surface area contributed by atoms with E-state index in [-0.39, 0.29) is 42.3 Å². The fraction of sp³-hybridized carbons (Fsp3) is 0.667. The summed E-state index contributed by atoms with van der Waals surface area (Å²) in [5.41, 5.74) is -0.902. The van der Waals surface area contributed by atoms with Gasteiger partial charge in [-0.1, -0.05) is 79.9 Å². The molecule has 1 unspecified atom stereocenters. The number of urea groups is 1. The Morgan fingerprint density at radius 2 is 1.69 bits per heavy atom. The van der Waals surface area contributed by atoms with Crippen LogP contribution >= 0.6 is 0 Å². The van der Waals surface area contributed by atoms with Gasteiger partial charge in [0.25, 0.3) is 11.5 Å². The highest BCUT2D eigenvalue weighted by Crippen LogP contribution is 2.34. The highest BCUT2D eigenvalue weighted by molar-refractivity contribution is 6.38. The number of nitrogens with one attached hydrogen (secondary N) is 4. The molecular formula is C36H56N6O6. The highest BCUT2D eigenvalue weighted by Gasteiger charge is 2.48. The molecule has 0 bridgehead atoms. The molecule has 0 radical (unpaired) electrons. The zero-order chi connectivity index (χ0) is 35.8. The number of carbonyl (C=O) groups excluding carboxylic acids is 5. The van der Waals surface area contributed by atoms with E-state index in [0.29, 0.717) is 19.4 Å². The van der Waals surface area contributed by atoms with Gasteiger partial charge in [0, 0.05) is 31.9 Å². The van der Waals surface area contributed by atoms with Gasteiger partial charge in [-0.05, 0) is 48.0 Å². The molecule has 48 heavy (non-hydrogen) atoms. The number of nitrogens with zero attached hydrogens (tertiary/aromatic N) is 2. The molecule has 0 spiro atoms. The number of ketones is 1. The third-order valence-corrected chi connectivity index (χ3v) is 9.71. The van der Waals surface area contributed by atoms with Crippen molar-refractivity contribution < 1.29 is 24.0 Å². The first-order chi connectivity index (χ1) is 22.5. The SMILES string of the molecule is C=CCNC(=O)C(=O)C(CC1CCC1)NC(=O)[C@@H]1[C@@H](C(C)C)CCN1C(=O)[C@@H](NC(=O)N[C@H](Cn1ccccc1=O)C(C)C)C(C)(C)C. The van der Waals surface area contributed by atoms with Crippen LogP contribution in [0.3, 0.4) is 0 Å². The second-order valence-electron chi connectivity index (χ2n) is 15.1. The van der Waals surface area contributed by atoms with E-state index in [1.165, 1.54) is 21.6 Å². The second-order valence-corrected chi connectivity index (χ2v) is 15.1. The van der Waals surface area contributed by atoms with Crippen molar-refractivity contribution in [1.29, 1.82) is 0 Å². The van der Waals surface area contributed by atoms with Gasteiger partial charge in [0.2, 0.25) is 17.6 Å². The first kappa shape index (κ1) is 38.5. The van der Waals surface area contributed by atoms with E-state index in [0.717, 1.165) is 19.3 Å². The van der Waals surface area contributed by atoms with Gasteiger partial charge in [0.15, 0.2) is 0 Å².